The van der Waals surface area contributed by atoms with Crippen LogP contribution in [0.25, 0.3) is 0 Å². The number of hydrogen-bond acceptors (Lipinski definition) is 1. The Labute approximate surface area is 89.7 Å². The van der Waals surface area contributed by atoms with Crippen LogP contribution >= 0.6 is 0 Å². The molecule has 0 aromatic rings. The Bertz CT molecular complexity index is 144. The Kier molecular flexibility index (Phi) is 5.54. The molecule has 0 amide bonds. The molecule has 1 aliphatic rings. The van der Waals surface area contributed by atoms with Gasteiger partial charge in [-0.2, -0.15) is 0 Å². The Morgan fingerprint density at radius 1 is 1.29 bits per heavy atom. The van der Waals surface area contributed by atoms with Crippen molar-refractivity contribution in [2.24, 2.45) is 17.8 Å². The summed E-state index contributed by atoms with van der Waals surface area (Å²) < 4.78 is 0. The van der Waals surface area contributed by atoms with E-state index in [2.05, 4.69) is 26.1 Å². The van der Waals surface area contributed by atoms with Gasteiger partial charge in [0, 0.05) is 0 Å². The summed E-state index contributed by atoms with van der Waals surface area (Å²) in [5, 5.41) is 3.57. The minimum absolute atomic E-state index is 0.910. The van der Waals surface area contributed by atoms with Crippen LogP contribution in [0.3, 0.4) is 0 Å². The molecule has 1 nitrogen and oxygen atoms in total. The molecule has 3 unspecified atom stereocenters. The summed E-state index contributed by atoms with van der Waals surface area (Å²) in [5.74, 6) is 2.98. The zero-order valence-corrected chi connectivity index (χ0v) is 10.2. The second-order valence-electron chi connectivity index (χ2n) is 5.19. The second-order valence-corrected chi connectivity index (χ2v) is 5.19. The van der Waals surface area contributed by atoms with Crippen molar-refractivity contribution in [2.45, 2.75) is 52.9 Å². The molecular weight excluding hydrogens is 170 g/mol. The summed E-state index contributed by atoms with van der Waals surface area (Å²) in [7, 11) is 0. The Morgan fingerprint density at radius 2 is 2.00 bits per heavy atom. The lowest BCUT2D eigenvalue weighted by atomic mass is 10.0. The van der Waals surface area contributed by atoms with E-state index in [4.69, 9.17) is 0 Å². The van der Waals surface area contributed by atoms with Crippen LogP contribution in [0.15, 0.2) is 0 Å². The van der Waals surface area contributed by atoms with E-state index in [-0.39, 0.29) is 0 Å². The molecule has 1 rings (SSSR count). The predicted molar refractivity (Wildman–Crippen MR) is 63.4 cm³/mol. The summed E-state index contributed by atoms with van der Waals surface area (Å²) in [6.07, 6.45) is 6.97. The van der Waals surface area contributed by atoms with Gasteiger partial charge >= 0.3 is 0 Å². The van der Waals surface area contributed by atoms with E-state index in [9.17, 15) is 0 Å². The predicted octanol–water partition coefficient (Wildman–Crippen LogP) is 3.45. The van der Waals surface area contributed by atoms with Gasteiger partial charge in [0.2, 0.25) is 0 Å². The van der Waals surface area contributed by atoms with E-state index in [1.807, 2.05) is 0 Å². The summed E-state index contributed by atoms with van der Waals surface area (Å²) >= 11 is 0. The van der Waals surface area contributed by atoms with Gasteiger partial charge in [0.25, 0.3) is 0 Å². The van der Waals surface area contributed by atoms with Crippen molar-refractivity contribution in [1.29, 1.82) is 0 Å². The van der Waals surface area contributed by atoms with Crippen LogP contribution in [0, 0.1) is 17.8 Å². The monoisotopic (exact) mass is 197 g/mol. The highest BCUT2D eigenvalue weighted by Crippen LogP contribution is 2.39. The number of hydrogen-bond donors (Lipinski definition) is 1. The summed E-state index contributed by atoms with van der Waals surface area (Å²) in [6, 6.07) is 0. The van der Waals surface area contributed by atoms with E-state index in [1.54, 1.807) is 0 Å². The van der Waals surface area contributed by atoms with Gasteiger partial charge in [-0.05, 0) is 50.1 Å². The summed E-state index contributed by atoms with van der Waals surface area (Å²) in [5.41, 5.74) is 0. The SMILES string of the molecule is CCCC(C)CCNCCC1CC1C. The molecular formula is C13H27N. The zero-order chi connectivity index (χ0) is 10.4. The molecule has 0 bridgehead atoms. The molecule has 0 aromatic carbocycles. The molecule has 0 spiro atoms. The van der Waals surface area contributed by atoms with Gasteiger partial charge in [-0.15, -0.1) is 0 Å². The Morgan fingerprint density at radius 3 is 2.57 bits per heavy atom. The Hall–Kier alpha value is -0.0400. The van der Waals surface area contributed by atoms with Gasteiger partial charge in [-0.1, -0.05) is 33.6 Å². The molecule has 0 saturated heterocycles. The molecule has 3 atom stereocenters. The quantitative estimate of drug-likeness (QED) is 0.588. The topological polar surface area (TPSA) is 12.0 Å². The van der Waals surface area contributed by atoms with Crippen molar-refractivity contribution in [1.82, 2.24) is 5.32 Å². The molecule has 1 saturated carbocycles. The van der Waals surface area contributed by atoms with Gasteiger partial charge in [0.15, 0.2) is 0 Å². The lowest BCUT2D eigenvalue weighted by Crippen LogP contribution is -2.19. The van der Waals surface area contributed by atoms with E-state index >= 15 is 0 Å². The third-order valence-electron chi connectivity index (χ3n) is 3.56. The maximum absolute atomic E-state index is 3.57. The first-order valence-corrected chi connectivity index (χ1v) is 6.44. The molecule has 0 aromatic heterocycles. The average molecular weight is 197 g/mol. The molecule has 0 aliphatic heterocycles. The van der Waals surface area contributed by atoms with Crippen molar-refractivity contribution in [3.63, 3.8) is 0 Å². The van der Waals surface area contributed by atoms with Crippen LogP contribution < -0.4 is 5.32 Å². The van der Waals surface area contributed by atoms with Crippen LogP contribution in [-0.4, -0.2) is 13.1 Å². The summed E-state index contributed by atoms with van der Waals surface area (Å²) in [4.78, 5) is 0. The van der Waals surface area contributed by atoms with Gasteiger partial charge in [0.1, 0.15) is 0 Å². The van der Waals surface area contributed by atoms with Crippen LogP contribution in [0.2, 0.25) is 0 Å². The molecule has 0 heterocycles. The molecule has 14 heavy (non-hydrogen) atoms. The van der Waals surface area contributed by atoms with Crippen molar-refractivity contribution < 1.29 is 0 Å². The van der Waals surface area contributed by atoms with Crippen LogP contribution in [0.4, 0.5) is 0 Å². The molecule has 1 heteroatoms. The minimum atomic E-state index is 0.910. The first-order valence-electron chi connectivity index (χ1n) is 6.44. The van der Waals surface area contributed by atoms with E-state index < -0.39 is 0 Å². The average Bonchev–Trinajstić information content (AvgIpc) is 2.82. The standard InChI is InChI=1S/C13H27N/c1-4-5-11(2)6-8-14-9-7-13-10-12(13)3/h11-14H,4-10H2,1-3H3. The van der Waals surface area contributed by atoms with Crippen molar-refractivity contribution in [2.75, 3.05) is 13.1 Å². The van der Waals surface area contributed by atoms with Gasteiger partial charge in [-0.3, -0.25) is 0 Å². The van der Waals surface area contributed by atoms with Crippen molar-refractivity contribution in [3.05, 3.63) is 0 Å². The lowest BCUT2D eigenvalue weighted by molar-refractivity contribution is 0.459. The third-order valence-corrected chi connectivity index (χ3v) is 3.56. The highest BCUT2D eigenvalue weighted by atomic mass is 14.8. The maximum atomic E-state index is 3.57. The number of rotatable bonds is 8. The highest BCUT2D eigenvalue weighted by molar-refractivity contribution is 4.82. The fourth-order valence-electron chi connectivity index (χ4n) is 2.20. The summed E-state index contributed by atoms with van der Waals surface area (Å²) in [6.45, 7) is 9.48. The van der Waals surface area contributed by atoms with E-state index in [0.717, 1.165) is 17.8 Å². The van der Waals surface area contributed by atoms with Crippen LogP contribution in [-0.2, 0) is 0 Å². The molecule has 1 aliphatic carbocycles. The fraction of sp³-hybridized carbons (Fsp3) is 1.00. The minimum Gasteiger partial charge on any atom is -0.317 e. The first kappa shape index (κ1) is 12.0. The van der Waals surface area contributed by atoms with Gasteiger partial charge < -0.3 is 5.32 Å². The third kappa shape index (κ3) is 4.99. The normalized spacial score (nSPS) is 27.6. The van der Waals surface area contributed by atoms with Crippen molar-refractivity contribution >= 4 is 0 Å². The second kappa shape index (κ2) is 6.44. The number of nitrogens with one attached hydrogen (secondary N) is 1. The van der Waals surface area contributed by atoms with Crippen LogP contribution in [0.1, 0.15) is 52.9 Å². The van der Waals surface area contributed by atoms with E-state index in [1.165, 1.54) is 45.2 Å². The van der Waals surface area contributed by atoms with Gasteiger partial charge in [0.05, 0.1) is 0 Å². The zero-order valence-electron chi connectivity index (χ0n) is 10.2. The molecule has 0 radical (unpaired) electrons. The highest BCUT2D eigenvalue weighted by Gasteiger charge is 2.31. The molecule has 1 fully saturated rings. The van der Waals surface area contributed by atoms with Crippen molar-refractivity contribution in [3.8, 4) is 0 Å². The molecule has 84 valence electrons. The van der Waals surface area contributed by atoms with E-state index in [0.29, 0.717) is 0 Å². The maximum Gasteiger partial charge on any atom is -0.00462 e. The largest absolute Gasteiger partial charge is 0.317 e. The molecule has 1 N–H and O–H groups in total. The smallest absolute Gasteiger partial charge is 0.00462 e. The van der Waals surface area contributed by atoms with Crippen LogP contribution in [0.5, 0.6) is 0 Å². The Balaban J connectivity index is 1.79. The first-order chi connectivity index (χ1) is 6.74. The van der Waals surface area contributed by atoms with Gasteiger partial charge in [-0.25, -0.2) is 0 Å². The lowest BCUT2D eigenvalue weighted by Gasteiger charge is -2.10. The fourth-order valence-corrected chi connectivity index (χ4v) is 2.20.